The molecule has 0 saturated carbocycles. The van der Waals surface area contributed by atoms with E-state index < -0.39 is 28.5 Å². The number of carbonyl (C=O) groups excluding carboxylic acids is 2. The monoisotopic (exact) mass is 493 g/mol. The van der Waals surface area contributed by atoms with Gasteiger partial charge in [-0.3, -0.25) is 10.1 Å². The van der Waals surface area contributed by atoms with Crippen molar-refractivity contribution >= 4 is 60.2 Å². The second-order valence-corrected chi connectivity index (χ2v) is 10.6. The maximum absolute atomic E-state index is 12.9. The van der Waals surface area contributed by atoms with Gasteiger partial charge in [0.05, 0.1) is 20.8 Å². The summed E-state index contributed by atoms with van der Waals surface area (Å²) in [5.41, 5.74) is 0.756. The second kappa shape index (κ2) is 9.53. The third-order valence-corrected chi connectivity index (χ3v) is 8.31. The number of amides is 1. The van der Waals surface area contributed by atoms with E-state index >= 15 is 0 Å². The van der Waals surface area contributed by atoms with Gasteiger partial charge in [0.1, 0.15) is 4.90 Å². The summed E-state index contributed by atoms with van der Waals surface area (Å²) < 4.78 is 33.2. The molecule has 3 aromatic rings. The minimum Gasteiger partial charge on any atom is -0.452 e. The number of fused-ring (bicyclic) bond motifs is 1. The Kier molecular flexibility index (Phi) is 6.75. The van der Waals surface area contributed by atoms with Gasteiger partial charge in [0.25, 0.3) is 5.91 Å². The summed E-state index contributed by atoms with van der Waals surface area (Å²) in [5.74, 6) is -1.37. The lowest BCUT2D eigenvalue weighted by atomic mass is 10.2. The van der Waals surface area contributed by atoms with Crippen LogP contribution in [0.5, 0.6) is 0 Å². The van der Waals surface area contributed by atoms with Crippen molar-refractivity contribution in [1.29, 1.82) is 0 Å². The third-order valence-electron chi connectivity index (χ3n) is 4.97. The largest absolute Gasteiger partial charge is 0.452 e. The molecule has 2 aromatic carbocycles. The number of esters is 1. The number of hydrogen-bond donors (Lipinski definition) is 1. The summed E-state index contributed by atoms with van der Waals surface area (Å²) in [4.78, 5) is 28.8. The molecule has 0 radical (unpaired) electrons. The SMILES string of the molecule is O=C(COC(=O)c1ccc(Cl)c(S(=O)(=O)N2CCCCC2)c1)Nc1nc2ccccc2s1. The highest BCUT2D eigenvalue weighted by Crippen LogP contribution is 2.28. The molecule has 1 N–H and O–H groups in total. The van der Waals surface area contributed by atoms with Crippen LogP contribution in [0.2, 0.25) is 5.02 Å². The fourth-order valence-corrected chi connectivity index (χ4v) is 6.27. The molecule has 8 nitrogen and oxygen atoms in total. The van der Waals surface area contributed by atoms with Crippen LogP contribution in [0.15, 0.2) is 47.4 Å². The molecule has 168 valence electrons. The molecule has 4 rings (SSSR count). The van der Waals surface area contributed by atoms with Crippen LogP contribution >= 0.6 is 22.9 Å². The molecule has 2 heterocycles. The molecule has 0 spiro atoms. The molecule has 0 unspecified atom stereocenters. The molecule has 32 heavy (non-hydrogen) atoms. The molecule has 1 aliphatic heterocycles. The molecule has 11 heteroatoms. The molecule has 1 aliphatic rings. The van der Waals surface area contributed by atoms with Crippen LogP contribution in [-0.2, 0) is 19.6 Å². The van der Waals surface area contributed by atoms with Crippen LogP contribution < -0.4 is 5.32 Å². The zero-order valence-corrected chi connectivity index (χ0v) is 19.3. The Hall–Kier alpha value is -2.53. The standard InChI is InChI=1S/C21H20ClN3O5S2/c22-15-9-8-14(12-18(15)32(28,29)25-10-4-1-5-11-25)20(27)30-13-19(26)24-21-23-16-6-2-3-7-17(16)31-21/h2-3,6-9,12H,1,4-5,10-11,13H2,(H,23,24,26). The predicted molar refractivity (Wildman–Crippen MR) is 123 cm³/mol. The fraction of sp³-hybridized carbons (Fsp3) is 0.286. The number of piperidine rings is 1. The first kappa shape index (κ1) is 22.7. The van der Waals surface area contributed by atoms with Gasteiger partial charge in [-0.2, -0.15) is 4.31 Å². The molecule has 1 fully saturated rings. The highest BCUT2D eigenvalue weighted by Gasteiger charge is 2.29. The third kappa shape index (κ3) is 4.93. The zero-order valence-electron chi connectivity index (χ0n) is 16.9. The van der Waals surface area contributed by atoms with E-state index in [1.54, 1.807) is 0 Å². The summed E-state index contributed by atoms with van der Waals surface area (Å²) in [6.45, 7) is 0.296. The van der Waals surface area contributed by atoms with E-state index in [2.05, 4.69) is 10.3 Å². The van der Waals surface area contributed by atoms with Crippen LogP contribution in [0.25, 0.3) is 10.2 Å². The van der Waals surface area contributed by atoms with Crippen molar-refractivity contribution in [2.75, 3.05) is 25.0 Å². The minimum atomic E-state index is -3.83. The molecule has 1 aromatic heterocycles. The van der Waals surface area contributed by atoms with Crippen LogP contribution in [0, 0.1) is 0 Å². The molecular formula is C21H20ClN3O5S2. The Morgan fingerprint density at radius 2 is 1.88 bits per heavy atom. The predicted octanol–water partition coefficient (Wildman–Crippen LogP) is 3.92. The van der Waals surface area contributed by atoms with Gasteiger partial charge in [0.2, 0.25) is 10.0 Å². The van der Waals surface area contributed by atoms with E-state index in [0.29, 0.717) is 18.2 Å². The molecule has 0 aliphatic carbocycles. The van der Waals surface area contributed by atoms with Crippen molar-refractivity contribution in [1.82, 2.24) is 9.29 Å². The number of hydrogen-bond acceptors (Lipinski definition) is 7. The average Bonchev–Trinajstić information content (AvgIpc) is 3.20. The number of anilines is 1. The van der Waals surface area contributed by atoms with Crippen LogP contribution in [0.1, 0.15) is 29.6 Å². The van der Waals surface area contributed by atoms with Crippen LogP contribution in [0.3, 0.4) is 0 Å². The number of thiazole rings is 1. The first-order valence-electron chi connectivity index (χ1n) is 9.97. The van der Waals surface area contributed by atoms with Gasteiger partial charge < -0.3 is 4.74 Å². The van der Waals surface area contributed by atoms with Crippen molar-refractivity contribution in [3.8, 4) is 0 Å². The summed E-state index contributed by atoms with van der Waals surface area (Å²) >= 11 is 7.43. The normalized spacial score (nSPS) is 14.9. The Bertz CT molecular complexity index is 1240. The number of nitrogens with one attached hydrogen (secondary N) is 1. The Balaban J connectivity index is 1.41. The van der Waals surface area contributed by atoms with Gasteiger partial charge in [-0.25, -0.2) is 18.2 Å². The number of halogens is 1. The number of ether oxygens (including phenoxy) is 1. The Labute approximate surface area is 194 Å². The first-order chi connectivity index (χ1) is 15.3. The first-order valence-corrected chi connectivity index (χ1v) is 12.6. The quantitative estimate of drug-likeness (QED) is 0.522. The highest BCUT2D eigenvalue weighted by molar-refractivity contribution is 7.89. The topological polar surface area (TPSA) is 106 Å². The number of carbonyl (C=O) groups is 2. The maximum atomic E-state index is 12.9. The van der Waals surface area contributed by atoms with Gasteiger partial charge in [-0.15, -0.1) is 0 Å². The number of benzene rings is 2. The van der Waals surface area contributed by atoms with Crippen molar-refractivity contribution in [2.45, 2.75) is 24.2 Å². The molecule has 0 bridgehead atoms. The summed E-state index contributed by atoms with van der Waals surface area (Å²) in [5, 5.41) is 3.02. The molecular weight excluding hydrogens is 474 g/mol. The van der Waals surface area contributed by atoms with E-state index in [4.69, 9.17) is 16.3 Å². The number of para-hydroxylation sites is 1. The fourth-order valence-electron chi connectivity index (χ4n) is 3.37. The lowest BCUT2D eigenvalue weighted by Crippen LogP contribution is -2.35. The number of aromatic nitrogens is 1. The van der Waals surface area contributed by atoms with Gasteiger partial charge in [0.15, 0.2) is 11.7 Å². The van der Waals surface area contributed by atoms with E-state index in [9.17, 15) is 18.0 Å². The lowest BCUT2D eigenvalue weighted by molar-refractivity contribution is -0.119. The van der Waals surface area contributed by atoms with E-state index in [1.165, 1.54) is 33.8 Å². The van der Waals surface area contributed by atoms with E-state index in [0.717, 1.165) is 29.5 Å². The molecule has 1 saturated heterocycles. The van der Waals surface area contributed by atoms with Crippen LogP contribution in [-0.4, -0.2) is 49.3 Å². The second-order valence-electron chi connectivity index (χ2n) is 7.22. The summed E-state index contributed by atoms with van der Waals surface area (Å²) in [7, 11) is -3.83. The van der Waals surface area contributed by atoms with Gasteiger partial charge in [-0.05, 0) is 43.2 Å². The minimum absolute atomic E-state index is 0.00206. The number of nitrogens with zero attached hydrogens (tertiary/aromatic N) is 2. The number of rotatable bonds is 6. The zero-order chi connectivity index (χ0) is 22.7. The maximum Gasteiger partial charge on any atom is 0.338 e. The van der Waals surface area contributed by atoms with Crippen molar-refractivity contribution < 1.29 is 22.7 Å². The average molecular weight is 494 g/mol. The van der Waals surface area contributed by atoms with Crippen molar-refractivity contribution in [2.24, 2.45) is 0 Å². The molecule has 0 atom stereocenters. The van der Waals surface area contributed by atoms with Crippen molar-refractivity contribution in [3.05, 3.63) is 53.1 Å². The summed E-state index contributed by atoms with van der Waals surface area (Å²) in [6.07, 6.45) is 2.54. The Morgan fingerprint density at radius 1 is 1.12 bits per heavy atom. The van der Waals surface area contributed by atoms with Crippen LogP contribution in [0.4, 0.5) is 5.13 Å². The highest BCUT2D eigenvalue weighted by atomic mass is 35.5. The summed E-state index contributed by atoms with van der Waals surface area (Å²) in [6, 6.07) is 11.3. The van der Waals surface area contributed by atoms with E-state index in [-0.39, 0.29) is 15.5 Å². The molecule has 1 amide bonds. The number of sulfonamides is 1. The Morgan fingerprint density at radius 3 is 2.62 bits per heavy atom. The van der Waals surface area contributed by atoms with Gasteiger partial charge >= 0.3 is 5.97 Å². The smallest absolute Gasteiger partial charge is 0.338 e. The van der Waals surface area contributed by atoms with E-state index in [1.807, 2.05) is 24.3 Å². The van der Waals surface area contributed by atoms with Gasteiger partial charge in [0, 0.05) is 13.1 Å². The van der Waals surface area contributed by atoms with Gasteiger partial charge in [-0.1, -0.05) is 41.5 Å². The lowest BCUT2D eigenvalue weighted by Gasteiger charge is -2.26. The van der Waals surface area contributed by atoms with Crippen molar-refractivity contribution in [3.63, 3.8) is 0 Å².